The van der Waals surface area contributed by atoms with Crippen molar-refractivity contribution in [2.45, 2.75) is 58.6 Å². The molecule has 0 fully saturated rings. The predicted octanol–water partition coefficient (Wildman–Crippen LogP) is 5.07. The SMILES string of the molecule is CCCCCC(=O)N(C)Cc1cc(-c2ccc(C[C@H](OCC)C(=O)OC)cc2)cs1. The first kappa shape index (κ1) is 24.1. The molecule has 5 nitrogen and oxygen atoms in total. The first-order valence-corrected chi connectivity index (χ1v) is 11.5. The van der Waals surface area contributed by atoms with Crippen molar-refractivity contribution in [2.24, 2.45) is 0 Å². The highest BCUT2D eigenvalue weighted by atomic mass is 32.1. The van der Waals surface area contributed by atoms with Crippen molar-refractivity contribution in [3.63, 3.8) is 0 Å². The van der Waals surface area contributed by atoms with Crippen LogP contribution in [-0.2, 0) is 32.0 Å². The Bertz CT molecular complexity index is 800. The molecule has 0 aliphatic rings. The number of rotatable bonds is 12. The molecule has 0 aliphatic heterocycles. The lowest BCUT2D eigenvalue weighted by Gasteiger charge is -2.16. The second kappa shape index (κ2) is 12.5. The van der Waals surface area contributed by atoms with E-state index in [1.165, 1.54) is 12.0 Å². The van der Waals surface area contributed by atoms with E-state index in [4.69, 9.17) is 9.47 Å². The third-order valence-corrected chi connectivity index (χ3v) is 5.93. The van der Waals surface area contributed by atoms with Gasteiger partial charge in [0.05, 0.1) is 13.7 Å². The number of amides is 1. The molecule has 0 saturated carbocycles. The van der Waals surface area contributed by atoms with Crippen LogP contribution in [0.3, 0.4) is 0 Å². The second-order valence-corrected chi connectivity index (χ2v) is 8.37. The first-order valence-electron chi connectivity index (χ1n) is 10.6. The Morgan fingerprint density at radius 2 is 1.83 bits per heavy atom. The standard InChI is InChI=1S/C24H33NO4S/c1-5-7-8-9-23(26)25(3)16-21-15-20(17-30-21)19-12-10-18(11-13-19)14-22(29-6-2)24(27)28-4/h10-13,15,17,22H,5-9,14,16H2,1-4H3/t22-/m0/s1. The van der Waals surface area contributed by atoms with Gasteiger partial charge in [0.15, 0.2) is 6.10 Å². The van der Waals surface area contributed by atoms with Gasteiger partial charge in [-0.15, -0.1) is 11.3 Å². The van der Waals surface area contributed by atoms with E-state index in [-0.39, 0.29) is 11.9 Å². The molecule has 2 rings (SSSR count). The molecule has 0 radical (unpaired) electrons. The summed E-state index contributed by atoms with van der Waals surface area (Å²) in [4.78, 5) is 27.0. The Balaban J connectivity index is 1.96. The van der Waals surface area contributed by atoms with Crippen LogP contribution in [0.15, 0.2) is 35.7 Å². The number of ether oxygens (including phenoxy) is 2. The van der Waals surface area contributed by atoms with E-state index in [0.717, 1.165) is 36.0 Å². The van der Waals surface area contributed by atoms with Crippen molar-refractivity contribution in [1.29, 1.82) is 0 Å². The van der Waals surface area contributed by atoms with E-state index >= 15 is 0 Å². The maximum Gasteiger partial charge on any atom is 0.335 e. The van der Waals surface area contributed by atoms with Crippen LogP contribution in [0.5, 0.6) is 0 Å². The van der Waals surface area contributed by atoms with E-state index < -0.39 is 6.10 Å². The summed E-state index contributed by atoms with van der Waals surface area (Å²) >= 11 is 1.67. The largest absolute Gasteiger partial charge is 0.467 e. The molecule has 0 spiro atoms. The summed E-state index contributed by atoms with van der Waals surface area (Å²) in [6.45, 7) is 5.11. The summed E-state index contributed by atoms with van der Waals surface area (Å²) in [7, 11) is 3.25. The van der Waals surface area contributed by atoms with Crippen LogP contribution in [0.25, 0.3) is 11.1 Å². The number of benzene rings is 1. The van der Waals surface area contributed by atoms with Gasteiger partial charge in [0.1, 0.15) is 0 Å². The summed E-state index contributed by atoms with van der Waals surface area (Å²) in [5.74, 6) is -0.144. The third-order valence-electron chi connectivity index (χ3n) is 5.01. The molecular weight excluding hydrogens is 398 g/mol. The monoisotopic (exact) mass is 431 g/mol. The molecule has 0 unspecified atom stereocenters. The summed E-state index contributed by atoms with van der Waals surface area (Å²) in [6.07, 6.45) is 3.72. The molecular formula is C24H33NO4S. The second-order valence-electron chi connectivity index (χ2n) is 7.38. The highest BCUT2D eigenvalue weighted by molar-refractivity contribution is 7.10. The summed E-state index contributed by atoms with van der Waals surface area (Å²) in [5, 5.41) is 2.12. The Hall–Kier alpha value is -2.18. The van der Waals surface area contributed by atoms with Gasteiger partial charge < -0.3 is 14.4 Å². The Labute approximate surface area is 184 Å². The lowest BCUT2D eigenvalue weighted by molar-refractivity contribution is -0.153. The van der Waals surface area contributed by atoms with Gasteiger partial charge in [0.25, 0.3) is 0 Å². The fourth-order valence-corrected chi connectivity index (χ4v) is 4.19. The number of carbonyl (C=O) groups excluding carboxylic acids is 2. The van der Waals surface area contributed by atoms with E-state index in [2.05, 4.69) is 30.5 Å². The van der Waals surface area contributed by atoms with Crippen molar-refractivity contribution >= 4 is 23.2 Å². The van der Waals surface area contributed by atoms with Crippen molar-refractivity contribution in [3.05, 3.63) is 46.2 Å². The first-order chi connectivity index (χ1) is 14.5. The molecule has 0 N–H and O–H groups in total. The molecule has 0 aliphatic carbocycles. The Kier molecular flexibility index (Phi) is 10.0. The van der Waals surface area contributed by atoms with Gasteiger partial charge >= 0.3 is 5.97 Å². The zero-order chi connectivity index (χ0) is 21.9. The number of esters is 1. The number of nitrogens with zero attached hydrogens (tertiary/aromatic N) is 1. The lowest BCUT2D eigenvalue weighted by atomic mass is 10.0. The van der Waals surface area contributed by atoms with Gasteiger partial charge in [-0.3, -0.25) is 4.79 Å². The van der Waals surface area contributed by atoms with Crippen LogP contribution in [0.1, 0.15) is 50.0 Å². The molecule has 30 heavy (non-hydrogen) atoms. The zero-order valence-electron chi connectivity index (χ0n) is 18.5. The minimum absolute atomic E-state index is 0.206. The van der Waals surface area contributed by atoms with Crippen LogP contribution in [0.2, 0.25) is 0 Å². The number of hydrogen-bond donors (Lipinski definition) is 0. The number of thiophene rings is 1. The molecule has 6 heteroatoms. The maximum atomic E-state index is 12.2. The lowest BCUT2D eigenvalue weighted by Crippen LogP contribution is -2.28. The molecule has 1 aromatic carbocycles. The number of carbonyl (C=O) groups is 2. The van der Waals surface area contributed by atoms with Crippen LogP contribution >= 0.6 is 11.3 Å². The summed E-state index contributed by atoms with van der Waals surface area (Å²) in [5.41, 5.74) is 3.28. The predicted molar refractivity (Wildman–Crippen MR) is 122 cm³/mol. The highest BCUT2D eigenvalue weighted by Crippen LogP contribution is 2.27. The molecule has 1 aromatic heterocycles. The number of hydrogen-bond acceptors (Lipinski definition) is 5. The van der Waals surface area contributed by atoms with Crippen LogP contribution < -0.4 is 0 Å². The Morgan fingerprint density at radius 1 is 1.10 bits per heavy atom. The van der Waals surface area contributed by atoms with Gasteiger partial charge in [-0.2, -0.15) is 0 Å². The van der Waals surface area contributed by atoms with Gasteiger partial charge in [0, 0.05) is 31.4 Å². The van der Waals surface area contributed by atoms with Gasteiger partial charge in [-0.05, 0) is 41.5 Å². The Morgan fingerprint density at radius 3 is 2.47 bits per heavy atom. The topological polar surface area (TPSA) is 55.8 Å². The zero-order valence-corrected chi connectivity index (χ0v) is 19.3. The smallest absolute Gasteiger partial charge is 0.335 e. The van der Waals surface area contributed by atoms with E-state index in [0.29, 0.717) is 26.0 Å². The van der Waals surface area contributed by atoms with Gasteiger partial charge in [-0.25, -0.2) is 4.79 Å². The van der Waals surface area contributed by atoms with Crippen LogP contribution in [0.4, 0.5) is 0 Å². The van der Waals surface area contributed by atoms with E-state index in [1.54, 1.807) is 11.3 Å². The summed E-state index contributed by atoms with van der Waals surface area (Å²) < 4.78 is 10.3. The van der Waals surface area contributed by atoms with Crippen LogP contribution in [0, 0.1) is 0 Å². The molecule has 0 bridgehead atoms. The highest BCUT2D eigenvalue weighted by Gasteiger charge is 2.19. The van der Waals surface area contributed by atoms with Crippen LogP contribution in [-0.4, -0.2) is 43.6 Å². The fourth-order valence-electron chi connectivity index (χ4n) is 3.24. The van der Waals surface area contributed by atoms with E-state index in [1.807, 2.05) is 31.0 Å². The molecule has 1 heterocycles. The molecule has 2 aromatic rings. The van der Waals surface area contributed by atoms with Gasteiger partial charge in [-0.1, -0.05) is 44.0 Å². The average molecular weight is 432 g/mol. The minimum atomic E-state index is -0.580. The third kappa shape index (κ3) is 7.26. The fraction of sp³-hybridized carbons (Fsp3) is 0.500. The molecule has 164 valence electrons. The maximum absolute atomic E-state index is 12.2. The summed E-state index contributed by atoms with van der Waals surface area (Å²) in [6, 6.07) is 10.3. The quantitative estimate of drug-likeness (QED) is 0.348. The van der Waals surface area contributed by atoms with Crippen molar-refractivity contribution in [3.8, 4) is 11.1 Å². The van der Waals surface area contributed by atoms with Gasteiger partial charge in [0.2, 0.25) is 5.91 Å². The van der Waals surface area contributed by atoms with Crippen molar-refractivity contribution in [2.75, 3.05) is 20.8 Å². The molecule has 0 saturated heterocycles. The minimum Gasteiger partial charge on any atom is -0.467 e. The van der Waals surface area contributed by atoms with Crippen molar-refractivity contribution < 1.29 is 19.1 Å². The average Bonchev–Trinajstić information content (AvgIpc) is 3.21. The number of methoxy groups -OCH3 is 1. The molecule has 1 amide bonds. The van der Waals surface area contributed by atoms with E-state index in [9.17, 15) is 9.59 Å². The molecule has 1 atom stereocenters. The number of unbranched alkanes of at least 4 members (excludes halogenated alkanes) is 2. The normalized spacial score (nSPS) is 11.9. The van der Waals surface area contributed by atoms with Crippen molar-refractivity contribution in [1.82, 2.24) is 4.90 Å².